The monoisotopic (exact) mass is 378 g/mol. The van der Waals surface area contributed by atoms with Gasteiger partial charge in [0.05, 0.1) is 15.3 Å². The van der Waals surface area contributed by atoms with Gasteiger partial charge in [0.25, 0.3) is 11.8 Å². The van der Waals surface area contributed by atoms with Gasteiger partial charge in [-0.25, -0.2) is 13.2 Å². The van der Waals surface area contributed by atoms with E-state index in [4.69, 9.17) is 9.15 Å². The highest BCUT2D eigenvalue weighted by molar-refractivity contribution is 7.90. The van der Waals surface area contributed by atoms with E-state index in [0.29, 0.717) is 11.5 Å². The molecule has 1 aromatic carbocycles. The molecule has 25 heavy (non-hydrogen) atoms. The summed E-state index contributed by atoms with van der Waals surface area (Å²) in [6, 6.07) is 8.02. The highest BCUT2D eigenvalue weighted by atomic mass is 32.2. The molecule has 0 aliphatic rings. The molecule has 0 atom stereocenters. The van der Waals surface area contributed by atoms with Crippen molar-refractivity contribution in [2.45, 2.75) is 18.4 Å². The summed E-state index contributed by atoms with van der Waals surface area (Å²) >= 11 is 1.46. The molecule has 130 valence electrons. The number of aryl methyl sites for hydroxylation is 1. The summed E-state index contributed by atoms with van der Waals surface area (Å²) in [5, 5.41) is 9.62. The van der Waals surface area contributed by atoms with Gasteiger partial charge in [-0.05, 0) is 36.1 Å². The topological polar surface area (TPSA) is 99.4 Å². The zero-order valence-electron chi connectivity index (χ0n) is 13.4. The van der Waals surface area contributed by atoms with Gasteiger partial charge in [-0.3, -0.25) is 0 Å². The molecule has 2 heterocycles. The Morgan fingerprint density at radius 3 is 2.76 bits per heavy atom. The first-order chi connectivity index (χ1) is 11.8. The first-order valence-electron chi connectivity index (χ1n) is 7.18. The van der Waals surface area contributed by atoms with Crippen molar-refractivity contribution in [2.24, 2.45) is 0 Å². The van der Waals surface area contributed by atoms with Crippen LogP contribution in [-0.4, -0.2) is 30.8 Å². The first kappa shape index (κ1) is 17.3. The third-order valence-electron chi connectivity index (χ3n) is 3.38. The molecule has 9 heteroatoms. The highest BCUT2D eigenvalue weighted by Gasteiger charge is 2.17. The van der Waals surface area contributed by atoms with Gasteiger partial charge in [0, 0.05) is 6.26 Å². The summed E-state index contributed by atoms with van der Waals surface area (Å²) < 4.78 is 33.9. The van der Waals surface area contributed by atoms with E-state index in [1.54, 1.807) is 13.0 Å². The minimum Gasteiger partial charge on any atom is -0.452 e. The third-order valence-corrected chi connectivity index (χ3v) is 5.35. The van der Waals surface area contributed by atoms with Gasteiger partial charge in [-0.15, -0.1) is 21.5 Å². The van der Waals surface area contributed by atoms with Crippen LogP contribution in [-0.2, 0) is 21.2 Å². The Bertz CT molecular complexity index is 1010. The van der Waals surface area contributed by atoms with Gasteiger partial charge in [0.1, 0.15) is 0 Å². The molecule has 2 aromatic heterocycles. The summed E-state index contributed by atoms with van der Waals surface area (Å²) in [5.74, 6) is -0.135. The second-order valence-electron chi connectivity index (χ2n) is 5.30. The SMILES string of the molecule is Cc1ccc(S(C)(=O)=O)cc1C(=O)OCc1nnc(-c2cccs2)o1. The van der Waals surface area contributed by atoms with E-state index in [-0.39, 0.29) is 23.0 Å². The van der Waals surface area contributed by atoms with Crippen molar-refractivity contribution in [3.63, 3.8) is 0 Å². The van der Waals surface area contributed by atoms with Crippen LogP contribution in [0.2, 0.25) is 0 Å². The van der Waals surface area contributed by atoms with E-state index >= 15 is 0 Å². The Labute approximate surface area is 148 Å². The predicted octanol–water partition coefficient (Wildman–Crippen LogP) is 2.87. The van der Waals surface area contributed by atoms with Crippen molar-refractivity contribution in [2.75, 3.05) is 6.26 Å². The van der Waals surface area contributed by atoms with Gasteiger partial charge >= 0.3 is 5.97 Å². The van der Waals surface area contributed by atoms with Crippen LogP contribution in [0.4, 0.5) is 0 Å². The average molecular weight is 378 g/mol. The maximum absolute atomic E-state index is 12.2. The lowest BCUT2D eigenvalue weighted by Gasteiger charge is -2.07. The number of rotatable bonds is 5. The van der Waals surface area contributed by atoms with Gasteiger partial charge in [0.2, 0.25) is 0 Å². The number of hydrogen-bond acceptors (Lipinski definition) is 8. The smallest absolute Gasteiger partial charge is 0.338 e. The van der Waals surface area contributed by atoms with Crippen molar-refractivity contribution in [3.8, 4) is 10.8 Å². The maximum Gasteiger partial charge on any atom is 0.338 e. The molecule has 0 amide bonds. The number of hydrogen-bond donors (Lipinski definition) is 0. The standard InChI is InChI=1S/C16H14N2O5S2/c1-10-5-6-11(25(2,20)21)8-12(10)16(19)22-9-14-17-18-15(23-14)13-4-3-7-24-13/h3-8H,9H2,1-2H3. The number of nitrogens with zero attached hydrogens (tertiary/aromatic N) is 2. The fraction of sp³-hybridized carbons (Fsp3) is 0.188. The number of esters is 1. The molecular weight excluding hydrogens is 364 g/mol. The van der Waals surface area contributed by atoms with E-state index in [0.717, 1.165) is 11.1 Å². The molecule has 0 aliphatic carbocycles. The van der Waals surface area contributed by atoms with Crippen molar-refractivity contribution in [3.05, 3.63) is 52.7 Å². The number of carbonyl (C=O) groups is 1. The fourth-order valence-corrected chi connectivity index (χ4v) is 3.36. The molecule has 0 aliphatic heterocycles. The van der Waals surface area contributed by atoms with E-state index in [9.17, 15) is 13.2 Å². The number of carbonyl (C=O) groups excluding carboxylic acids is 1. The average Bonchev–Trinajstić information content (AvgIpc) is 3.23. The van der Waals surface area contributed by atoms with Crippen LogP contribution in [0, 0.1) is 6.92 Å². The molecule has 3 rings (SSSR count). The summed E-state index contributed by atoms with van der Waals surface area (Å²) in [4.78, 5) is 13.1. The minimum absolute atomic E-state index is 0.0582. The molecule has 0 spiro atoms. The van der Waals surface area contributed by atoms with Gasteiger partial charge in [-0.1, -0.05) is 12.1 Å². The van der Waals surface area contributed by atoms with E-state index in [1.807, 2.05) is 17.5 Å². The van der Waals surface area contributed by atoms with E-state index in [1.165, 1.54) is 23.5 Å². The molecule has 0 unspecified atom stereocenters. The molecule has 3 aromatic rings. The zero-order valence-corrected chi connectivity index (χ0v) is 15.1. The lowest BCUT2D eigenvalue weighted by Crippen LogP contribution is -2.09. The van der Waals surface area contributed by atoms with Gasteiger partial charge < -0.3 is 9.15 Å². The molecule has 0 N–H and O–H groups in total. The fourth-order valence-electron chi connectivity index (χ4n) is 2.07. The predicted molar refractivity (Wildman–Crippen MR) is 91.0 cm³/mol. The molecule has 0 saturated heterocycles. The second kappa shape index (κ2) is 6.77. The largest absolute Gasteiger partial charge is 0.452 e. The van der Waals surface area contributed by atoms with Crippen LogP contribution >= 0.6 is 11.3 Å². The maximum atomic E-state index is 12.2. The van der Waals surface area contributed by atoms with Gasteiger partial charge in [-0.2, -0.15) is 0 Å². The molecular formula is C16H14N2O5S2. The van der Waals surface area contributed by atoms with Crippen LogP contribution in [0.25, 0.3) is 10.8 Å². The minimum atomic E-state index is -3.41. The second-order valence-corrected chi connectivity index (χ2v) is 8.27. The molecule has 0 radical (unpaired) electrons. The Morgan fingerprint density at radius 2 is 2.08 bits per heavy atom. The normalized spacial score (nSPS) is 11.4. The highest BCUT2D eigenvalue weighted by Crippen LogP contribution is 2.23. The molecule has 0 saturated carbocycles. The number of benzene rings is 1. The lowest BCUT2D eigenvalue weighted by molar-refractivity contribution is 0.0437. The van der Waals surface area contributed by atoms with Crippen LogP contribution in [0.3, 0.4) is 0 Å². The number of aromatic nitrogens is 2. The summed E-state index contributed by atoms with van der Waals surface area (Å²) in [7, 11) is -3.41. The Kier molecular flexibility index (Phi) is 4.69. The van der Waals surface area contributed by atoms with Crippen LogP contribution in [0.5, 0.6) is 0 Å². The third kappa shape index (κ3) is 3.94. The summed E-state index contributed by atoms with van der Waals surface area (Å²) in [6.07, 6.45) is 1.08. The van der Waals surface area contributed by atoms with Crippen LogP contribution < -0.4 is 0 Å². The van der Waals surface area contributed by atoms with Crippen molar-refractivity contribution in [1.29, 1.82) is 0 Å². The lowest BCUT2D eigenvalue weighted by atomic mass is 10.1. The van der Waals surface area contributed by atoms with E-state index < -0.39 is 15.8 Å². The Balaban J connectivity index is 1.73. The first-order valence-corrected chi connectivity index (χ1v) is 9.96. The molecule has 0 bridgehead atoms. The van der Waals surface area contributed by atoms with E-state index in [2.05, 4.69) is 10.2 Å². The molecule has 0 fully saturated rings. The molecule has 7 nitrogen and oxygen atoms in total. The number of sulfone groups is 1. The summed E-state index contributed by atoms with van der Waals surface area (Å²) in [5.41, 5.74) is 0.795. The van der Waals surface area contributed by atoms with Crippen molar-refractivity contribution >= 4 is 27.1 Å². The number of ether oxygens (including phenoxy) is 1. The Hall–Kier alpha value is -2.52. The number of thiophene rings is 1. The van der Waals surface area contributed by atoms with Gasteiger partial charge in [0.15, 0.2) is 16.4 Å². The van der Waals surface area contributed by atoms with Crippen molar-refractivity contribution < 1.29 is 22.4 Å². The Morgan fingerprint density at radius 1 is 1.28 bits per heavy atom. The summed E-state index contributed by atoms with van der Waals surface area (Å²) in [6.45, 7) is 1.50. The quantitative estimate of drug-likeness (QED) is 0.629. The zero-order chi connectivity index (χ0) is 18.0. The van der Waals surface area contributed by atoms with Crippen molar-refractivity contribution in [1.82, 2.24) is 10.2 Å². The van der Waals surface area contributed by atoms with Crippen LogP contribution in [0.1, 0.15) is 21.8 Å². The van der Waals surface area contributed by atoms with Crippen LogP contribution in [0.15, 0.2) is 45.0 Å².